The Balaban J connectivity index is 2.63. The lowest BCUT2D eigenvalue weighted by Gasteiger charge is -2.46. The summed E-state index contributed by atoms with van der Waals surface area (Å²) in [6.07, 6.45) is 2.57. The summed E-state index contributed by atoms with van der Waals surface area (Å²) in [5, 5.41) is 3.59. The molecule has 1 heterocycles. The molecule has 0 radical (unpaired) electrons. The van der Waals surface area contributed by atoms with Crippen molar-refractivity contribution in [1.82, 2.24) is 10.7 Å². The SMILES string of the molecule is CC1(C)CC(CC(=O)NN)CC(C)(C)N1. The molecule has 0 aromatic heterocycles. The molecule has 1 saturated heterocycles. The summed E-state index contributed by atoms with van der Waals surface area (Å²) in [5.41, 5.74) is 2.40. The number of hydrazine groups is 1. The van der Waals surface area contributed by atoms with Crippen molar-refractivity contribution in [3.05, 3.63) is 0 Å². The maximum atomic E-state index is 11.2. The van der Waals surface area contributed by atoms with Gasteiger partial charge in [0.1, 0.15) is 0 Å². The predicted octanol–water partition coefficient (Wildman–Crippen LogP) is 0.923. The Labute approximate surface area is 92.0 Å². The van der Waals surface area contributed by atoms with Gasteiger partial charge < -0.3 is 5.32 Å². The van der Waals surface area contributed by atoms with Gasteiger partial charge in [0, 0.05) is 17.5 Å². The zero-order valence-electron chi connectivity index (χ0n) is 10.2. The Morgan fingerprint density at radius 3 is 2.20 bits per heavy atom. The second-order valence-corrected chi connectivity index (χ2v) is 5.94. The molecule has 1 aliphatic heterocycles. The number of piperidine rings is 1. The molecule has 1 aliphatic rings. The molecule has 0 bridgehead atoms. The molecular weight excluding hydrogens is 190 g/mol. The van der Waals surface area contributed by atoms with Gasteiger partial charge in [0.15, 0.2) is 0 Å². The molecule has 0 spiro atoms. The van der Waals surface area contributed by atoms with Crippen LogP contribution in [0, 0.1) is 5.92 Å². The van der Waals surface area contributed by atoms with E-state index in [4.69, 9.17) is 5.84 Å². The van der Waals surface area contributed by atoms with Crippen LogP contribution >= 0.6 is 0 Å². The van der Waals surface area contributed by atoms with Crippen LogP contribution in [-0.4, -0.2) is 17.0 Å². The minimum Gasteiger partial charge on any atom is -0.307 e. The lowest BCUT2D eigenvalue weighted by atomic mass is 9.74. The van der Waals surface area contributed by atoms with Gasteiger partial charge in [-0.1, -0.05) is 0 Å². The third kappa shape index (κ3) is 3.80. The summed E-state index contributed by atoms with van der Waals surface area (Å²) in [6, 6.07) is 0. The smallest absolute Gasteiger partial charge is 0.234 e. The second kappa shape index (κ2) is 4.10. The molecule has 0 aliphatic carbocycles. The third-order valence-electron chi connectivity index (χ3n) is 2.91. The molecule has 0 aromatic rings. The highest BCUT2D eigenvalue weighted by molar-refractivity contribution is 5.75. The van der Waals surface area contributed by atoms with Gasteiger partial charge in [-0.3, -0.25) is 10.2 Å². The highest BCUT2D eigenvalue weighted by atomic mass is 16.2. The molecule has 4 heteroatoms. The number of hydrogen-bond donors (Lipinski definition) is 3. The molecule has 0 saturated carbocycles. The van der Waals surface area contributed by atoms with Crippen molar-refractivity contribution in [1.29, 1.82) is 0 Å². The number of hydrogen-bond acceptors (Lipinski definition) is 3. The van der Waals surface area contributed by atoms with Gasteiger partial charge in [0.05, 0.1) is 0 Å². The van der Waals surface area contributed by atoms with Crippen molar-refractivity contribution in [2.75, 3.05) is 0 Å². The zero-order chi connectivity index (χ0) is 11.7. The van der Waals surface area contributed by atoms with Crippen LogP contribution in [-0.2, 0) is 4.79 Å². The van der Waals surface area contributed by atoms with Crippen molar-refractivity contribution in [3.8, 4) is 0 Å². The Morgan fingerprint density at radius 2 is 1.80 bits per heavy atom. The largest absolute Gasteiger partial charge is 0.307 e. The zero-order valence-corrected chi connectivity index (χ0v) is 10.2. The predicted molar refractivity (Wildman–Crippen MR) is 61.0 cm³/mol. The van der Waals surface area contributed by atoms with E-state index in [9.17, 15) is 4.79 Å². The van der Waals surface area contributed by atoms with Crippen molar-refractivity contribution < 1.29 is 4.79 Å². The highest BCUT2D eigenvalue weighted by Crippen LogP contribution is 2.34. The van der Waals surface area contributed by atoms with Gasteiger partial charge in [0.25, 0.3) is 0 Å². The van der Waals surface area contributed by atoms with E-state index in [0.717, 1.165) is 12.8 Å². The summed E-state index contributed by atoms with van der Waals surface area (Å²) in [6.45, 7) is 8.73. The van der Waals surface area contributed by atoms with Gasteiger partial charge in [0.2, 0.25) is 5.91 Å². The van der Waals surface area contributed by atoms with E-state index in [0.29, 0.717) is 12.3 Å². The van der Waals surface area contributed by atoms with Gasteiger partial charge in [-0.05, 0) is 46.5 Å². The molecule has 4 N–H and O–H groups in total. The number of carbonyl (C=O) groups excluding carboxylic acids is 1. The molecule has 1 rings (SSSR count). The first-order valence-corrected chi connectivity index (χ1v) is 5.53. The Hall–Kier alpha value is -0.610. The van der Waals surface area contributed by atoms with Crippen LogP contribution < -0.4 is 16.6 Å². The second-order valence-electron chi connectivity index (χ2n) is 5.94. The fraction of sp³-hybridized carbons (Fsp3) is 0.909. The fourth-order valence-electron chi connectivity index (χ4n) is 3.00. The van der Waals surface area contributed by atoms with E-state index in [1.807, 2.05) is 0 Å². The molecule has 0 unspecified atom stereocenters. The monoisotopic (exact) mass is 213 g/mol. The van der Waals surface area contributed by atoms with E-state index in [1.165, 1.54) is 0 Å². The van der Waals surface area contributed by atoms with E-state index in [2.05, 4.69) is 38.4 Å². The van der Waals surface area contributed by atoms with Gasteiger partial charge in [-0.2, -0.15) is 0 Å². The quantitative estimate of drug-likeness (QED) is 0.363. The first-order chi connectivity index (χ1) is 6.74. The van der Waals surface area contributed by atoms with Gasteiger partial charge in [-0.15, -0.1) is 0 Å². The Bertz CT molecular complexity index is 232. The number of rotatable bonds is 2. The first kappa shape index (κ1) is 12.5. The average Bonchev–Trinajstić information content (AvgIpc) is 1.97. The number of nitrogens with two attached hydrogens (primary N) is 1. The van der Waals surface area contributed by atoms with Crippen LogP contribution in [0.5, 0.6) is 0 Å². The minimum atomic E-state index is -0.0616. The molecule has 0 atom stereocenters. The summed E-state index contributed by atoms with van der Waals surface area (Å²) in [5.74, 6) is 5.46. The maximum absolute atomic E-state index is 11.2. The van der Waals surface area contributed by atoms with E-state index in [1.54, 1.807) is 0 Å². The number of carbonyl (C=O) groups is 1. The minimum absolute atomic E-state index is 0.0616. The molecular formula is C11H23N3O. The Morgan fingerprint density at radius 1 is 1.33 bits per heavy atom. The number of amides is 1. The average molecular weight is 213 g/mol. The van der Waals surface area contributed by atoms with Gasteiger partial charge in [-0.25, -0.2) is 5.84 Å². The molecule has 1 fully saturated rings. The Kier molecular flexibility index (Phi) is 3.41. The number of nitrogens with one attached hydrogen (secondary N) is 2. The summed E-state index contributed by atoms with van der Waals surface area (Å²) in [4.78, 5) is 11.2. The first-order valence-electron chi connectivity index (χ1n) is 5.53. The van der Waals surface area contributed by atoms with Crippen molar-refractivity contribution in [2.45, 2.75) is 58.0 Å². The topological polar surface area (TPSA) is 67.2 Å². The molecule has 1 amide bonds. The summed E-state index contributed by atoms with van der Waals surface area (Å²) < 4.78 is 0. The van der Waals surface area contributed by atoms with E-state index in [-0.39, 0.29) is 17.0 Å². The van der Waals surface area contributed by atoms with E-state index < -0.39 is 0 Å². The highest BCUT2D eigenvalue weighted by Gasteiger charge is 2.37. The summed E-state index contributed by atoms with van der Waals surface area (Å²) >= 11 is 0. The maximum Gasteiger partial charge on any atom is 0.234 e. The van der Waals surface area contributed by atoms with Gasteiger partial charge >= 0.3 is 0 Å². The lowest BCUT2D eigenvalue weighted by Crippen LogP contribution is -2.58. The van der Waals surface area contributed by atoms with Crippen LogP contribution in [0.3, 0.4) is 0 Å². The molecule has 0 aromatic carbocycles. The van der Waals surface area contributed by atoms with Crippen LogP contribution in [0.15, 0.2) is 0 Å². The fourth-order valence-corrected chi connectivity index (χ4v) is 3.00. The van der Waals surface area contributed by atoms with Crippen molar-refractivity contribution >= 4 is 5.91 Å². The molecule has 4 nitrogen and oxygen atoms in total. The van der Waals surface area contributed by atoms with Crippen LogP contribution in [0.4, 0.5) is 0 Å². The molecule has 15 heavy (non-hydrogen) atoms. The van der Waals surface area contributed by atoms with E-state index >= 15 is 0 Å². The van der Waals surface area contributed by atoms with Crippen molar-refractivity contribution in [3.63, 3.8) is 0 Å². The van der Waals surface area contributed by atoms with Crippen LogP contribution in [0.2, 0.25) is 0 Å². The molecule has 88 valence electrons. The van der Waals surface area contributed by atoms with Crippen LogP contribution in [0.1, 0.15) is 47.0 Å². The normalized spacial score (nSPS) is 24.9. The van der Waals surface area contributed by atoms with Crippen LogP contribution in [0.25, 0.3) is 0 Å². The van der Waals surface area contributed by atoms with Crippen molar-refractivity contribution in [2.24, 2.45) is 11.8 Å². The summed E-state index contributed by atoms with van der Waals surface area (Å²) in [7, 11) is 0. The lowest BCUT2D eigenvalue weighted by molar-refractivity contribution is -0.122. The third-order valence-corrected chi connectivity index (χ3v) is 2.91. The standard InChI is InChI=1S/C11H23N3O/c1-10(2)6-8(5-9(15)13-12)7-11(3,4)14-10/h8,14H,5-7,12H2,1-4H3,(H,13,15).